The topological polar surface area (TPSA) is 44.8 Å². The van der Waals surface area contributed by atoms with Crippen molar-refractivity contribution in [3.05, 3.63) is 12.7 Å². The molecule has 0 aromatic carbocycles. The van der Waals surface area contributed by atoms with E-state index in [0.29, 0.717) is 13.2 Å². The molecule has 0 saturated carbocycles. The van der Waals surface area contributed by atoms with Crippen molar-refractivity contribution < 1.29 is 19.0 Å². The number of hydrogen-bond donors (Lipinski definition) is 0. The van der Waals surface area contributed by atoms with Crippen LogP contribution < -0.4 is 0 Å². The molecule has 1 rings (SSSR count). The molecule has 86 valence electrons. The molecule has 0 aliphatic carbocycles. The molecule has 2 atom stereocenters. The van der Waals surface area contributed by atoms with Crippen molar-refractivity contribution in [2.75, 3.05) is 13.2 Å². The molecule has 1 aliphatic heterocycles. The van der Waals surface area contributed by atoms with Gasteiger partial charge in [0.25, 0.3) is 0 Å². The number of ether oxygens (including phenoxy) is 3. The second-order valence-corrected chi connectivity index (χ2v) is 3.43. The fraction of sp³-hybridized carbons (Fsp3) is 0.727. The van der Waals surface area contributed by atoms with Crippen LogP contribution >= 0.6 is 0 Å². The van der Waals surface area contributed by atoms with Gasteiger partial charge in [0.2, 0.25) is 6.29 Å². The highest BCUT2D eigenvalue weighted by atomic mass is 16.7. The Morgan fingerprint density at radius 1 is 1.73 bits per heavy atom. The highest BCUT2D eigenvalue weighted by Crippen LogP contribution is 2.19. The minimum atomic E-state index is -0.585. The standard InChI is InChI=1S/C11H18O4/c1-3-7-14-11(15-10(12)4-2)9-6-5-8-13-9/h4,9,11H,2-3,5-8H2,1H3. The van der Waals surface area contributed by atoms with E-state index in [9.17, 15) is 4.79 Å². The van der Waals surface area contributed by atoms with Gasteiger partial charge in [-0.05, 0) is 19.3 Å². The van der Waals surface area contributed by atoms with E-state index in [1.54, 1.807) is 0 Å². The van der Waals surface area contributed by atoms with Gasteiger partial charge in [0.05, 0.1) is 6.61 Å². The lowest BCUT2D eigenvalue weighted by molar-refractivity contribution is -0.199. The van der Waals surface area contributed by atoms with E-state index in [0.717, 1.165) is 25.3 Å². The van der Waals surface area contributed by atoms with Crippen LogP contribution in [-0.4, -0.2) is 31.6 Å². The molecule has 0 bridgehead atoms. The second kappa shape index (κ2) is 6.58. The van der Waals surface area contributed by atoms with E-state index in [4.69, 9.17) is 14.2 Å². The fourth-order valence-electron chi connectivity index (χ4n) is 1.43. The van der Waals surface area contributed by atoms with Crippen LogP contribution in [0.4, 0.5) is 0 Å². The monoisotopic (exact) mass is 214 g/mol. The second-order valence-electron chi connectivity index (χ2n) is 3.43. The molecule has 1 saturated heterocycles. The van der Waals surface area contributed by atoms with Crippen LogP contribution in [0.2, 0.25) is 0 Å². The SMILES string of the molecule is C=CC(=O)OC(OCCC)C1CCCO1. The van der Waals surface area contributed by atoms with Crippen LogP contribution in [-0.2, 0) is 19.0 Å². The van der Waals surface area contributed by atoms with Gasteiger partial charge in [0.1, 0.15) is 6.10 Å². The van der Waals surface area contributed by atoms with Crippen molar-refractivity contribution in [2.24, 2.45) is 0 Å². The van der Waals surface area contributed by atoms with Crippen molar-refractivity contribution in [1.29, 1.82) is 0 Å². The first-order valence-electron chi connectivity index (χ1n) is 5.34. The summed E-state index contributed by atoms with van der Waals surface area (Å²) in [4.78, 5) is 11.1. The van der Waals surface area contributed by atoms with Crippen molar-refractivity contribution in [3.63, 3.8) is 0 Å². The van der Waals surface area contributed by atoms with Crippen LogP contribution in [0.25, 0.3) is 0 Å². The summed E-state index contributed by atoms with van der Waals surface area (Å²) in [7, 11) is 0. The van der Waals surface area contributed by atoms with Gasteiger partial charge < -0.3 is 14.2 Å². The first-order chi connectivity index (χ1) is 7.27. The quantitative estimate of drug-likeness (QED) is 0.383. The normalized spacial score (nSPS) is 22.3. The summed E-state index contributed by atoms with van der Waals surface area (Å²) >= 11 is 0. The van der Waals surface area contributed by atoms with E-state index in [-0.39, 0.29) is 6.10 Å². The van der Waals surface area contributed by atoms with Crippen molar-refractivity contribution >= 4 is 5.97 Å². The molecule has 0 aromatic rings. The van der Waals surface area contributed by atoms with Crippen molar-refractivity contribution in [2.45, 2.75) is 38.6 Å². The van der Waals surface area contributed by atoms with Crippen molar-refractivity contribution in [3.8, 4) is 0 Å². The Labute approximate surface area is 90.2 Å². The summed E-state index contributed by atoms with van der Waals surface area (Å²) < 4.78 is 15.9. The number of carbonyl (C=O) groups excluding carboxylic acids is 1. The van der Waals surface area contributed by atoms with Gasteiger partial charge in [0, 0.05) is 12.7 Å². The zero-order valence-electron chi connectivity index (χ0n) is 9.11. The number of esters is 1. The largest absolute Gasteiger partial charge is 0.430 e. The smallest absolute Gasteiger partial charge is 0.332 e. The molecule has 15 heavy (non-hydrogen) atoms. The molecular formula is C11H18O4. The van der Waals surface area contributed by atoms with Gasteiger partial charge >= 0.3 is 5.97 Å². The minimum absolute atomic E-state index is 0.125. The first kappa shape index (κ1) is 12.2. The Morgan fingerprint density at radius 2 is 2.53 bits per heavy atom. The summed E-state index contributed by atoms with van der Waals surface area (Å²) in [5, 5.41) is 0. The third kappa shape index (κ3) is 4.01. The molecule has 0 aromatic heterocycles. The Hall–Kier alpha value is -0.870. The van der Waals surface area contributed by atoms with E-state index < -0.39 is 12.3 Å². The number of carbonyl (C=O) groups is 1. The predicted molar refractivity (Wildman–Crippen MR) is 55.3 cm³/mol. The average Bonchev–Trinajstić information content (AvgIpc) is 2.77. The molecule has 4 heteroatoms. The van der Waals surface area contributed by atoms with Gasteiger partial charge in [-0.2, -0.15) is 0 Å². The zero-order valence-corrected chi connectivity index (χ0v) is 9.11. The van der Waals surface area contributed by atoms with Crippen LogP contribution in [0.3, 0.4) is 0 Å². The van der Waals surface area contributed by atoms with Gasteiger partial charge in [0.15, 0.2) is 0 Å². The van der Waals surface area contributed by atoms with Crippen LogP contribution in [0.5, 0.6) is 0 Å². The summed E-state index contributed by atoms with van der Waals surface area (Å²) in [6.45, 7) is 6.63. The summed E-state index contributed by atoms with van der Waals surface area (Å²) in [6, 6.07) is 0. The molecule has 2 unspecified atom stereocenters. The zero-order chi connectivity index (χ0) is 11.1. The molecule has 0 amide bonds. The highest BCUT2D eigenvalue weighted by molar-refractivity contribution is 5.81. The Kier molecular flexibility index (Phi) is 5.36. The minimum Gasteiger partial charge on any atom is -0.430 e. The average molecular weight is 214 g/mol. The van der Waals surface area contributed by atoms with E-state index in [1.165, 1.54) is 0 Å². The molecule has 4 nitrogen and oxygen atoms in total. The van der Waals surface area contributed by atoms with E-state index >= 15 is 0 Å². The third-order valence-electron chi connectivity index (χ3n) is 2.15. The number of rotatable bonds is 6. The predicted octanol–water partition coefficient (Wildman–Crippen LogP) is 1.65. The number of hydrogen-bond acceptors (Lipinski definition) is 4. The molecule has 1 aliphatic rings. The first-order valence-corrected chi connectivity index (χ1v) is 5.34. The maximum Gasteiger partial charge on any atom is 0.332 e. The Bertz CT molecular complexity index is 209. The maximum atomic E-state index is 11.1. The fourth-order valence-corrected chi connectivity index (χ4v) is 1.43. The van der Waals surface area contributed by atoms with Gasteiger partial charge in [-0.25, -0.2) is 4.79 Å². The van der Waals surface area contributed by atoms with E-state index in [1.807, 2.05) is 6.92 Å². The molecule has 1 heterocycles. The Balaban J connectivity index is 2.43. The van der Waals surface area contributed by atoms with Crippen LogP contribution in [0.1, 0.15) is 26.2 Å². The van der Waals surface area contributed by atoms with Gasteiger partial charge in [-0.15, -0.1) is 0 Å². The lowest BCUT2D eigenvalue weighted by Crippen LogP contribution is -2.33. The van der Waals surface area contributed by atoms with Crippen molar-refractivity contribution in [1.82, 2.24) is 0 Å². The summed E-state index contributed by atoms with van der Waals surface area (Å²) in [6.07, 6.45) is 3.17. The highest BCUT2D eigenvalue weighted by Gasteiger charge is 2.29. The van der Waals surface area contributed by atoms with Crippen LogP contribution in [0.15, 0.2) is 12.7 Å². The lowest BCUT2D eigenvalue weighted by Gasteiger charge is -2.22. The third-order valence-corrected chi connectivity index (χ3v) is 2.15. The molecular weight excluding hydrogens is 196 g/mol. The van der Waals surface area contributed by atoms with Gasteiger partial charge in [-0.3, -0.25) is 0 Å². The summed E-state index contributed by atoms with van der Waals surface area (Å²) in [5.41, 5.74) is 0. The molecule has 0 radical (unpaired) electrons. The Morgan fingerprint density at radius 3 is 3.07 bits per heavy atom. The van der Waals surface area contributed by atoms with Gasteiger partial charge in [-0.1, -0.05) is 13.5 Å². The molecule has 0 N–H and O–H groups in total. The molecule has 0 spiro atoms. The van der Waals surface area contributed by atoms with E-state index in [2.05, 4.69) is 6.58 Å². The summed E-state index contributed by atoms with van der Waals surface area (Å²) in [5.74, 6) is -0.466. The lowest BCUT2D eigenvalue weighted by atomic mass is 10.2. The molecule has 1 fully saturated rings. The maximum absolute atomic E-state index is 11.1. The van der Waals surface area contributed by atoms with Crippen LogP contribution in [0, 0.1) is 0 Å².